The van der Waals surface area contributed by atoms with Crippen LogP contribution in [0.2, 0.25) is 18.1 Å². The minimum Gasteiger partial charge on any atom is -0.497 e. The molecule has 0 aromatic heterocycles. The van der Waals surface area contributed by atoms with Crippen molar-refractivity contribution >= 4 is 8.32 Å². The predicted molar refractivity (Wildman–Crippen MR) is 146 cm³/mol. The molecule has 35 heavy (non-hydrogen) atoms. The molecule has 1 heterocycles. The van der Waals surface area contributed by atoms with Gasteiger partial charge in [0.1, 0.15) is 18.0 Å². The van der Waals surface area contributed by atoms with Gasteiger partial charge >= 0.3 is 0 Å². The zero-order valence-electron chi connectivity index (χ0n) is 23.6. The molecule has 1 fully saturated rings. The van der Waals surface area contributed by atoms with E-state index in [4.69, 9.17) is 23.4 Å². The van der Waals surface area contributed by atoms with Gasteiger partial charge in [-0.05, 0) is 68.9 Å². The Morgan fingerprint density at radius 2 is 1.71 bits per heavy atom. The molecule has 1 aromatic carbocycles. The topological polar surface area (TPSA) is 46.2 Å². The van der Waals surface area contributed by atoms with E-state index in [1.165, 1.54) is 0 Å². The Balaban J connectivity index is 2.20. The van der Waals surface area contributed by atoms with E-state index >= 15 is 0 Å². The largest absolute Gasteiger partial charge is 0.497 e. The lowest BCUT2D eigenvalue weighted by Gasteiger charge is -2.39. The Labute approximate surface area is 215 Å². The van der Waals surface area contributed by atoms with E-state index in [1.807, 2.05) is 44.2 Å². The van der Waals surface area contributed by atoms with Gasteiger partial charge in [-0.2, -0.15) is 0 Å². The first kappa shape index (κ1) is 29.8. The summed E-state index contributed by atoms with van der Waals surface area (Å²) < 4.78 is 30.9. The molecule has 0 saturated carbocycles. The van der Waals surface area contributed by atoms with Gasteiger partial charge < -0.3 is 23.4 Å². The Kier molecular flexibility index (Phi) is 10.4. The van der Waals surface area contributed by atoms with Crippen LogP contribution in [0.1, 0.15) is 60.5 Å². The van der Waals surface area contributed by atoms with Crippen LogP contribution in [0.25, 0.3) is 0 Å². The van der Waals surface area contributed by atoms with Crippen LogP contribution in [0, 0.1) is 5.92 Å². The van der Waals surface area contributed by atoms with Crippen LogP contribution in [0.5, 0.6) is 5.75 Å². The van der Waals surface area contributed by atoms with E-state index in [-0.39, 0.29) is 35.4 Å². The quantitative estimate of drug-likeness (QED) is 0.221. The molecular weight excluding hydrogens is 456 g/mol. The lowest BCUT2D eigenvalue weighted by atomic mass is 10.0. The lowest BCUT2D eigenvalue weighted by molar-refractivity contribution is -0.156. The second-order valence-corrected chi connectivity index (χ2v) is 16.4. The third-order valence-electron chi connectivity index (χ3n) is 7.18. The summed E-state index contributed by atoms with van der Waals surface area (Å²) in [5.41, 5.74) is 1.07. The third kappa shape index (κ3) is 8.57. The molecule has 1 unspecified atom stereocenters. The third-order valence-corrected chi connectivity index (χ3v) is 11.8. The van der Waals surface area contributed by atoms with Crippen molar-refractivity contribution in [3.63, 3.8) is 0 Å². The molecule has 198 valence electrons. The van der Waals surface area contributed by atoms with Gasteiger partial charge in [-0.3, -0.25) is 0 Å². The zero-order chi connectivity index (χ0) is 26.4. The van der Waals surface area contributed by atoms with Crippen molar-refractivity contribution in [1.29, 1.82) is 0 Å². The molecular formula is C29H48O5Si. The molecule has 1 saturated heterocycles. The fourth-order valence-electron chi connectivity index (χ4n) is 3.85. The summed E-state index contributed by atoms with van der Waals surface area (Å²) in [7, 11) is -0.183. The normalized spacial score (nSPS) is 23.3. The number of hydrogen-bond donors (Lipinski definition) is 0. The maximum Gasteiger partial charge on any atom is 0.192 e. The minimum atomic E-state index is -1.85. The standard InChI is InChI=1S/C29H48O5Si/c1-12-13-26-27(33-29(7,8)32-26)25(31-20-23-15-17-24(30-9)18-16-23)19-14-21(2)22(3)34-35(10,11)28(4,5)6/h12,14-19,21-22,25-27H,1,13,20H2,2-11H3/t21-,22+,25?,26+,27-/m1/s1. The van der Waals surface area contributed by atoms with E-state index in [9.17, 15) is 0 Å². The summed E-state index contributed by atoms with van der Waals surface area (Å²) in [6.45, 7) is 24.1. The van der Waals surface area contributed by atoms with E-state index in [2.05, 4.69) is 66.4 Å². The van der Waals surface area contributed by atoms with E-state index < -0.39 is 14.1 Å². The maximum atomic E-state index is 6.63. The van der Waals surface area contributed by atoms with Crippen LogP contribution < -0.4 is 4.74 Å². The van der Waals surface area contributed by atoms with Crippen molar-refractivity contribution in [1.82, 2.24) is 0 Å². The molecule has 0 N–H and O–H groups in total. The van der Waals surface area contributed by atoms with Gasteiger partial charge in [-0.15, -0.1) is 6.58 Å². The molecule has 1 aromatic rings. The summed E-state index contributed by atoms with van der Waals surface area (Å²) in [6.07, 6.45) is 6.39. The van der Waals surface area contributed by atoms with Gasteiger partial charge in [0.05, 0.1) is 19.8 Å². The number of ether oxygens (including phenoxy) is 4. The van der Waals surface area contributed by atoms with Crippen molar-refractivity contribution in [3.8, 4) is 5.75 Å². The number of rotatable bonds is 12. The van der Waals surface area contributed by atoms with Crippen molar-refractivity contribution in [2.24, 2.45) is 5.92 Å². The first-order chi connectivity index (χ1) is 16.2. The Morgan fingerprint density at radius 3 is 2.26 bits per heavy atom. The summed E-state index contributed by atoms with van der Waals surface area (Å²) in [5, 5.41) is 0.174. The first-order valence-corrected chi connectivity index (χ1v) is 15.7. The molecule has 1 aliphatic heterocycles. The highest BCUT2D eigenvalue weighted by molar-refractivity contribution is 6.74. The first-order valence-electron chi connectivity index (χ1n) is 12.8. The fourth-order valence-corrected chi connectivity index (χ4v) is 5.35. The molecule has 0 aliphatic carbocycles. The Bertz CT molecular complexity index is 824. The summed E-state index contributed by atoms with van der Waals surface area (Å²) >= 11 is 0. The smallest absolute Gasteiger partial charge is 0.192 e. The maximum absolute atomic E-state index is 6.63. The van der Waals surface area contributed by atoms with Crippen LogP contribution in [0.3, 0.4) is 0 Å². The number of benzene rings is 1. The number of hydrogen-bond acceptors (Lipinski definition) is 5. The highest BCUT2D eigenvalue weighted by Crippen LogP contribution is 2.38. The predicted octanol–water partition coefficient (Wildman–Crippen LogP) is 7.28. The second kappa shape index (κ2) is 12.2. The van der Waals surface area contributed by atoms with Crippen LogP contribution in [-0.4, -0.2) is 45.6 Å². The fraction of sp³-hybridized carbons (Fsp3) is 0.655. The molecule has 5 nitrogen and oxygen atoms in total. The van der Waals surface area contributed by atoms with Gasteiger partial charge in [0.25, 0.3) is 0 Å². The Morgan fingerprint density at radius 1 is 1.09 bits per heavy atom. The van der Waals surface area contributed by atoms with Crippen LogP contribution >= 0.6 is 0 Å². The van der Waals surface area contributed by atoms with Crippen molar-refractivity contribution in [3.05, 3.63) is 54.6 Å². The average molecular weight is 505 g/mol. The van der Waals surface area contributed by atoms with E-state index in [0.29, 0.717) is 13.0 Å². The molecule has 1 aliphatic rings. The molecule has 0 bridgehead atoms. The van der Waals surface area contributed by atoms with Gasteiger partial charge in [0.15, 0.2) is 14.1 Å². The van der Waals surface area contributed by atoms with Crippen molar-refractivity contribution in [2.75, 3.05) is 7.11 Å². The van der Waals surface area contributed by atoms with Gasteiger partial charge in [0.2, 0.25) is 0 Å². The molecule has 6 heteroatoms. The van der Waals surface area contributed by atoms with Crippen LogP contribution in [0.4, 0.5) is 0 Å². The van der Waals surface area contributed by atoms with Crippen LogP contribution in [-0.2, 0) is 25.2 Å². The summed E-state index contributed by atoms with van der Waals surface area (Å²) in [4.78, 5) is 0. The zero-order valence-corrected chi connectivity index (χ0v) is 24.6. The number of methoxy groups -OCH3 is 1. The van der Waals surface area contributed by atoms with Crippen molar-refractivity contribution < 1.29 is 23.4 Å². The van der Waals surface area contributed by atoms with Gasteiger partial charge in [-0.25, -0.2) is 0 Å². The van der Waals surface area contributed by atoms with E-state index in [0.717, 1.165) is 11.3 Å². The minimum absolute atomic E-state index is 0.107. The van der Waals surface area contributed by atoms with Crippen molar-refractivity contribution in [2.45, 2.75) is 110 Å². The molecule has 0 spiro atoms. The lowest BCUT2D eigenvalue weighted by Crippen LogP contribution is -2.44. The Hall–Kier alpha value is -1.44. The molecule has 2 rings (SSSR count). The molecule has 5 atom stereocenters. The highest BCUT2D eigenvalue weighted by Gasteiger charge is 2.44. The average Bonchev–Trinajstić information content (AvgIpc) is 3.07. The summed E-state index contributed by atoms with van der Waals surface area (Å²) in [5.74, 6) is 0.387. The van der Waals surface area contributed by atoms with Gasteiger partial charge in [-0.1, -0.05) is 58.1 Å². The molecule has 0 amide bonds. The monoisotopic (exact) mass is 504 g/mol. The SMILES string of the molecule is C=CC[C@@H]1OC(C)(C)O[C@@H]1C(C=C[C@@H](C)[C@H](C)O[Si](C)(C)C(C)(C)C)OCc1ccc(OC)cc1. The highest BCUT2D eigenvalue weighted by atomic mass is 28.4. The van der Waals surface area contributed by atoms with E-state index in [1.54, 1.807) is 7.11 Å². The van der Waals surface area contributed by atoms with Crippen LogP contribution in [0.15, 0.2) is 49.1 Å². The second-order valence-electron chi connectivity index (χ2n) is 11.6. The van der Waals surface area contributed by atoms with Gasteiger partial charge in [0, 0.05) is 6.10 Å². The molecule has 0 radical (unpaired) electrons. The summed E-state index contributed by atoms with van der Waals surface area (Å²) in [6, 6.07) is 7.94.